The molecule has 1 heterocycles. The number of rotatable bonds is 0. The first kappa shape index (κ1) is 8.21. The summed E-state index contributed by atoms with van der Waals surface area (Å²) in [6, 6.07) is 5.75. The van der Waals surface area contributed by atoms with Crippen LogP contribution in [0.1, 0.15) is 11.1 Å². The molecule has 0 saturated heterocycles. The largest absolute Gasteiger partial charge is 0.380 e. The van der Waals surface area contributed by atoms with Crippen LogP contribution in [0.3, 0.4) is 0 Å². The Labute approximate surface area is 64.8 Å². The fourth-order valence-electron chi connectivity index (χ4n) is 1.27. The molecule has 0 aliphatic carbocycles. The van der Waals surface area contributed by atoms with Crippen LogP contribution in [0.15, 0.2) is 12.1 Å². The summed E-state index contributed by atoms with van der Waals surface area (Å²) in [7, 11) is 0. The molecule has 1 aliphatic rings. The average molecular weight is 403 g/mol. The monoisotopic (exact) mass is 403 g/mol. The summed E-state index contributed by atoms with van der Waals surface area (Å²) in [6.07, 6.45) is 0.881. The molecule has 0 atom stereocenters. The van der Waals surface area contributed by atoms with E-state index in [0.29, 0.717) is 6.61 Å². The summed E-state index contributed by atoms with van der Waals surface area (Å²) < 4.78 is 17.8. The second-order valence-electron chi connectivity index (χ2n) is 2.63. The Morgan fingerprint density at radius 2 is 2.25 bits per heavy atom. The number of ether oxygens (including phenoxy) is 1. The van der Waals surface area contributed by atoms with Gasteiger partial charge in [-0.2, -0.15) is 6.07 Å². The van der Waals surface area contributed by atoms with E-state index in [1.54, 1.807) is 6.07 Å². The van der Waals surface area contributed by atoms with Gasteiger partial charge in [0.05, 0.1) is 0 Å². The predicted octanol–water partition coefficient (Wildman–Crippen LogP) is 1.70. The summed E-state index contributed by atoms with van der Waals surface area (Å²) in [5.74, 6) is -0.297. The van der Waals surface area contributed by atoms with Crippen LogP contribution in [0.5, 0.6) is 0 Å². The Balaban J connectivity index is 0.000000720. The zero-order chi connectivity index (χ0) is 7.68. The van der Waals surface area contributed by atoms with Crippen LogP contribution in [0, 0.1) is 11.9 Å². The van der Waals surface area contributed by atoms with Crippen molar-refractivity contribution in [3.05, 3.63) is 35.1 Å². The van der Waals surface area contributed by atoms with Gasteiger partial charge in [-0.25, -0.2) is 4.39 Å². The Morgan fingerprint density at radius 1 is 1.42 bits per heavy atom. The number of benzene rings is 1. The topological polar surface area (TPSA) is 9.23 Å². The van der Waals surface area contributed by atoms with Gasteiger partial charge in [-0.3, -0.25) is 0 Å². The maximum absolute atomic E-state index is 12.6. The molecule has 3 heteroatoms. The molecule has 0 bridgehead atoms. The van der Waals surface area contributed by atoms with E-state index in [1.165, 1.54) is 6.07 Å². The first-order chi connectivity index (χ1) is 5.36. The first-order valence-corrected chi connectivity index (χ1v) is 3.63. The standard InChI is InChI=1S/C9H8FO.Es/c10-9-2-1-7-3-4-11-6-8(7)5-9;/h1,5H,3-4,6H2;/q-1;. The molecule has 2 rings (SSSR count). The number of hydrogen-bond donors (Lipinski definition) is 0. The molecule has 0 aromatic heterocycles. The van der Waals surface area contributed by atoms with Gasteiger partial charge in [-0.05, 0) is 6.42 Å². The van der Waals surface area contributed by atoms with Gasteiger partial charge in [0.2, 0.25) is 0 Å². The van der Waals surface area contributed by atoms with Crippen LogP contribution in [0.4, 0.5) is 4.39 Å². The van der Waals surface area contributed by atoms with Crippen molar-refractivity contribution in [3.8, 4) is 0 Å². The van der Waals surface area contributed by atoms with Gasteiger partial charge in [0.15, 0.2) is 0 Å². The minimum Gasteiger partial charge on any atom is -0.380 e. The van der Waals surface area contributed by atoms with Gasteiger partial charge in [-0.15, -0.1) is 23.3 Å². The second kappa shape index (κ2) is 3.01. The van der Waals surface area contributed by atoms with Gasteiger partial charge >= 0.3 is 0 Å². The van der Waals surface area contributed by atoms with Crippen molar-refractivity contribution >= 4 is 0 Å². The number of halogens is 1. The maximum atomic E-state index is 12.6. The molecule has 1 aromatic rings. The van der Waals surface area contributed by atoms with Gasteiger partial charge in [0, 0.05) is 19.0 Å². The molecule has 1 radical (unpaired) electrons. The fourth-order valence-corrected chi connectivity index (χ4v) is 1.27. The number of hydrogen-bond acceptors (Lipinski definition) is 1. The molecular weight excluding hydrogens is 395 g/mol. The van der Waals surface area contributed by atoms with Crippen molar-refractivity contribution in [2.75, 3.05) is 6.61 Å². The van der Waals surface area contributed by atoms with Crippen molar-refractivity contribution in [2.24, 2.45) is 0 Å². The van der Waals surface area contributed by atoms with Crippen molar-refractivity contribution in [1.82, 2.24) is 0 Å². The minimum absolute atomic E-state index is 0. The summed E-state index contributed by atoms with van der Waals surface area (Å²) in [5.41, 5.74) is 2.13. The molecule has 1 aromatic carbocycles. The Hall–Kier alpha value is -1.89. The zero-order valence-electron chi connectivity index (χ0n) is 6.36. The van der Waals surface area contributed by atoms with E-state index >= 15 is 0 Å². The van der Waals surface area contributed by atoms with E-state index in [2.05, 4.69) is 6.07 Å². The molecular formula is C9H8EsFO-. The van der Waals surface area contributed by atoms with Gasteiger partial charge in [0.1, 0.15) is 0 Å². The Bertz CT molecular complexity index is 275. The Morgan fingerprint density at radius 3 is 3.08 bits per heavy atom. The van der Waals surface area contributed by atoms with E-state index in [0.717, 1.165) is 24.2 Å². The SMILES string of the molecule is Fc1[c-]cc2c(c1)COCC2.[Es]. The molecule has 0 fully saturated rings. The molecule has 0 amide bonds. The predicted molar refractivity (Wildman–Crippen MR) is 38.6 cm³/mol. The minimum atomic E-state index is -0.297. The molecule has 1 aliphatic heterocycles. The number of fused-ring (bicyclic) bond motifs is 1. The third-order valence-electron chi connectivity index (χ3n) is 1.87. The summed E-state index contributed by atoms with van der Waals surface area (Å²) in [5, 5.41) is 0. The van der Waals surface area contributed by atoms with Crippen LogP contribution in [-0.2, 0) is 17.8 Å². The normalized spacial score (nSPS) is 14.8. The maximum Gasteiger partial charge on any atom is 0.0499 e. The van der Waals surface area contributed by atoms with Crippen molar-refractivity contribution < 1.29 is 9.13 Å². The Kier molecular flexibility index (Phi) is 2.06. The molecule has 69 valence electrons. The quantitative estimate of drug-likeness (QED) is 0.600. The third-order valence-corrected chi connectivity index (χ3v) is 1.87. The smallest absolute Gasteiger partial charge is 0.0499 e. The first-order valence-electron chi connectivity index (χ1n) is 3.63. The van der Waals surface area contributed by atoms with E-state index in [-0.39, 0.29) is 5.82 Å². The van der Waals surface area contributed by atoms with Crippen LogP contribution < -0.4 is 0 Å². The average Bonchev–Trinajstić information content (AvgIpc) is 2.04. The summed E-state index contributed by atoms with van der Waals surface area (Å²) in [6.45, 7) is 1.29. The van der Waals surface area contributed by atoms with Gasteiger partial charge in [-0.1, -0.05) is 0 Å². The van der Waals surface area contributed by atoms with Crippen molar-refractivity contribution in [1.29, 1.82) is 0 Å². The molecule has 0 saturated carbocycles. The third kappa shape index (κ3) is 1.25. The zero-order valence-corrected chi connectivity index (χ0v) is 8.87. The molecule has 12 heavy (non-hydrogen) atoms. The molecule has 0 spiro atoms. The van der Waals surface area contributed by atoms with E-state index in [4.69, 9.17) is 4.74 Å². The second-order valence-corrected chi connectivity index (χ2v) is 2.63. The van der Waals surface area contributed by atoms with Crippen LogP contribution in [-0.4, -0.2) is 6.61 Å². The van der Waals surface area contributed by atoms with Crippen LogP contribution >= 0.6 is 0 Å². The van der Waals surface area contributed by atoms with Gasteiger partial charge in [0.25, 0.3) is 0 Å². The molecule has 0 N–H and O–H groups in total. The van der Waals surface area contributed by atoms with Crippen LogP contribution in [0.2, 0.25) is 0 Å². The van der Waals surface area contributed by atoms with Gasteiger partial charge < -0.3 is 4.74 Å². The van der Waals surface area contributed by atoms with Crippen molar-refractivity contribution in [2.45, 2.75) is 13.0 Å². The van der Waals surface area contributed by atoms with E-state index < -0.39 is 0 Å². The summed E-state index contributed by atoms with van der Waals surface area (Å²) >= 11 is 0. The van der Waals surface area contributed by atoms with Crippen LogP contribution in [0.25, 0.3) is 0 Å². The molecule has 0 unspecified atom stereocenters. The molecule has 1 nitrogen and oxygen atoms in total. The van der Waals surface area contributed by atoms with Crippen molar-refractivity contribution in [3.63, 3.8) is 0 Å². The van der Waals surface area contributed by atoms with E-state index in [9.17, 15) is 4.39 Å². The fraction of sp³-hybridized carbons (Fsp3) is 0.333. The summed E-state index contributed by atoms with van der Waals surface area (Å²) in [4.78, 5) is 0. The van der Waals surface area contributed by atoms with E-state index in [1.807, 2.05) is 0 Å².